The molecule has 2 rings (SSSR count). The van der Waals surface area contributed by atoms with E-state index in [1.807, 2.05) is 68.7 Å². The monoisotopic (exact) mass is 360 g/mol. The van der Waals surface area contributed by atoms with E-state index in [1.54, 1.807) is 0 Å². The highest BCUT2D eigenvalue weighted by atomic mass is 35.5. The van der Waals surface area contributed by atoms with Crippen LogP contribution in [0.4, 0.5) is 0 Å². The third-order valence-corrected chi connectivity index (χ3v) is 4.18. The molecule has 1 N–H and O–H groups in total. The molecule has 4 nitrogen and oxygen atoms in total. The summed E-state index contributed by atoms with van der Waals surface area (Å²) in [6, 6.07) is 17.5. The van der Waals surface area contributed by atoms with E-state index in [4.69, 9.17) is 16.3 Å². The van der Waals surface area contributed by atoms with Crippen LogP contribution in [0.25, 0.3) is 0 Å². The summed E-state index contributed by atoms with van der Waals surface area (Å²) >= 11 is 5.94. The number of hydrogen-bond donors (Lipinski definition) is 1. The first-order valence-corrected chi connectivity index (χ1v) is 8.80. The van der Waals surface area contributed by atoms with Gasteiger partial charge in [0.2, 0.25) is 5.91 Å². The quantitative estimate of drug-likeness (QED) is 0.689. The summed E-state index contributed by atoms with van der Waals surface area (Å²) in [4.78, 5) is 14.1. The Kier molecular flexibility index (Phi) is 7.76. The number of nitrogens with zero attached hydrogens (tertiary/aromatic N) is 1. The molecule has 25 heavy (non-hydrogen) atoms. The summed E-state index contributed by atoms with van der Waals surface area (Å²) in [7, 11) is 4.00. The topological polar surface area (TPSA) is 41.6 Å². The summed E-state index contributed by atoms with van der Waals surface area (Å²) < 4.78 is 5.60. The lowest BCUT2D eigenvalue weighted by Crippen LogP contribution is -2.34. The first-order valence-electron chi connectivity index (χ1n) is 8.42. The number of para-hydroxylation sites is 1. The Morgan fingerprint density at radius 2 is 1.80 bits per heavy atom. The number of rotatable bonds is 9. The van der Waals surface area contributed by atoms with E-state index >= 15 is 0 Å². The predicted octanol–water partition coefficient (Wildman–Crippen LogP) is 3.92. The number of amides is 1. The number of nitrogens with one attached hydrogen (secondary N) is 1. The van der Waals surface area contributed by atoms with Crippen LogP contribution < -0.4 is 10.1 Å². The van der Waals surface area contributed by atoms with Crippen molar-refractivity contribution in [2.75, 3.05) is 27.2 Å². The zero-order valence-corrected chi connectivity index (χ0v) is 15.5. The molecular weight excluding hydrogens is 336 g/mol. The van der Waals surface area contributed by atoms with Crippen LogP contribution in [-0.2, 0) is 4.79 Å². The van der Waals surface area contributed by atoms with Crippen LogP contribution >= 0.6 is 11.6 Å². The Bertz CT molecular complexity index is 645. The summed E-state index contributed by atoms with van der Waals surface area (Å²) in [5.41, 5.74) is 1.13. The number of benzene rings is 2. The molecule has 0 aliphatic carbocycles. The molecule has 0 heterocycles. The molecule has 0 radical (unpaired) electrons. The van der Waals surface area contributed by atoms with Gasteiger partial charge in [-0.05, 0) is 50.3 Å². The zero-order valence-electron chi connectivity index (χ0n) is 14.7. The van der Waals surface area contributed by atoms with Gasteiger partial charge in [-0.3, -0.25) is 4.79 Å². The minimum atomic E-state index is 0.0393. The number of halogens is 1. The Morgan fingerprint density at radius 1 is 1.12 bits per heavy atom. The van der Waals surface area contributed by atoms with E-state index in [0.717, 1.165) is 11.3 Å². The van der Waals surface area contributed by atoms with Crippen LogP contribution in [-0.4, -0.2) is 38.1 Å². The van der Waals surface area contributed by atoms with Gasteiger partial charge in [0.1, 0.15) is 5.75 Å². The van der Waals surface area contributed by atoms with E-state index < -0.39 is 0 Å². The minimum Gasteiger partial charge on any atom is -0.494 e. The number of likely N-dealkylation sites (N-methyl/N-ethyl adjacent to an activating group) is 1. The molecule has 1 unspecified atom stereocenters. The number of carbonyl (C=O) groups is 1. The van der Waals surface area contributed by atoms with Crippen molar-refractivity contribution in [3.63, 3.8) is 0 Å². The average Bonchev–Trinajstić information content (AvgIpc) is 2.61. The van der Waals surface area contributed by atoms with Gasteiger partial charge in [0.15, 0.2) is 0 Å². The van der Waals surface area contributed by atoms with Crippen LogP contribution in [0.5, 0.6) is 5.75 Å². The fourth-order valence-electron chi connectivity index (χ4n) is 2.52. The van der Waals surface area contributed by atoms with Gasteiger partial charge in [0.25, 0.3) is 0 Å². The lowest BCUT2D eigenvalue weighted by Gasteiger charge is -2.25. The van der Waals surface area contributed by atoms with Gasteiger partial charge >= 0.3 is 0 Å². The summed E-state index contributed by atoms with van der Waals surface area (Å²) in [6.07, 6.45) is 1.14. The smallest absolute Gasteiger partial charge is 0.220 e. The highest BCUT2D eigenvalue weighted by Crippen LogP contribution is 2.19. The van der Waals surface area contributed by atoms with Gasteiger partial charge in [0, 0.05) is 18.0 Å². The third kappa shape index (κ3) is 6.77. The SMILES string of the molecule is CN(C)C(CNC(=O)CCCOc1ccccc1)c1ccc(Cl)cc1. The first kappa shape index (κ1) is 19.3. The minimum absolute atomic E-state index is 0.0393. The normalized spacial score (nSPS) is 12.0. The average molecular weight is 361 g/mol. The van der Waals surface area contributed by atoms with Crippen molar-refractivity contribution >= 4 is 17.5 Å². The standard InChI is InChI=1S/C20H25ClN2O2/c1-23(2)19(16-10-12-17(21)13-11-16)15-22-20(24)9-6-14-25-18-7-4-3-5-8-18/h3-5,7-8,10-13,19H,6,9,14-15H2,1-2H3,(H,22,24). The van der Waals surface area contributed by atoms with Crippen LogP contribution in [0.2, 0.25) is 5.02 Å². The molecule has 1 atom stereocenters. The van der Waals surface area contributed by atoms with Gasteiger partial charge in [-0.25, -0.2) is 0 Å². The maximum absolute atomic E-state index is 12.1. The van der Waals surface area contributed by atoms with Crippen molar-refractivity contribution in [3.8, 4) is 5.75 Å². The van der Waals surface area contributed by atoms with Crippen LogP contribution in [0.1, 0.15) is 24.4 Å². The molecule has 0 fully saturated rings. The zero-order chi connectivity index (χ0) is 18.1. The molecule has 134 valence electrons. The van der Waals surface area contributed by atoms with Crippen LogP contribution in [0.15, 0.2) is 54.6 Å². The van der Waals surface area contributed by atoms with E-state index in [9.17, 15) is 4.79 Å². The van der Waals surface area contributed by atoms with Crippen molar-refractivity contribution in [2.45, 2.75) is 18.9 Å². The highest BCUT2D eigenvalue weighted by Gasteiger charge is 2.15. The summed E-state index contributed by atoms with van der Waals surface area (Å²) in [5.74, 6) is 0.871. The highest BCUT2D eigenvalue weighted by molar-refractivity contribution is 6.30. The van der Waals surface area contributed by atoms with Crippen LogP contribution in [0, 0.1) is 0 Å². The molecule has 0 saturated carbocycles. The molecular formula is C20H25ClN2O2. The van der Waals surface area contributed by atoms with Crippen molar-refractivity contribution in [1.82, 2.24) is 10.2 Å². The van der Waals surface area contributed by atoms with E-state index in [0.29, 0.717) is 31.0 Å². The molecule has 2 aromatic rings. The van der Waals surface area contributed by atoms with E-state index in [1.165, 1.54) is 0 Å². The number of ether oxygens (including phenoxy) is 1. The lowest BCUT2D eigenvalue weighted by atomic mass is 10.1. The summed E-state index contributed by atoms with van der Waals surface area (Å²) in [6.45, 7) is 1.10. The van der Waals surface area contributed by atoms with Crippen molar-refractivity contribution in [2.24, 2.45) is 0 Å². The maximum Gasteiger partial charge on any atom is 0.220 e. The molecule has 1 amide bonds. The first-order chi connectivity index (χ1) is 12.1. The van der Waals surface area contributed by atoms with Crippen molar-refractivity contribution < 1.29 is 9.53 Å². The Hall–Kier alpha value is -2.04. The molecule has 5 heteroatoms. The van der Waals surface area contributed by atoms with Gasteiger partial charge in [-0.15, -0.1) is 0 Å². The number of carbonyl (C=O) groups excluding carboxylic acids is 1. The molecule has 2 aromatic carbocycles. The molecule has 0 aliphatic rings. The molecule has 0 aromatic heterocycles. The maximum atomic E-state index is 12.1. The van der Waals surface area contributed by atoms with Gasteiger partial charge in [0.05, 0.1) is 12.6 Å². The second-order valence-electron chi connectivity index (χ2n) is 6.10. The van der Waals surface area contributed by atoms with Gasteiger partial charge < -0.3 is 15.0 Å². The van der Waals surface area contributed by atoms with Crippen molar-refractivity contribution in [1.29, 1.82) is 0 Å². The second-order valence-corrected chi connectivity index (χ2v) is 6.54. The molecule has 0 spiro atoms. The van der Waals surface area contributed by atoms with Gasteiger partial charge in [-0.1, -0.05) is 41.9 Å². The molecule has 0 bridgehead atoms. The second kappa shape index (κ2) is 10.1. The number of hydrogen-bond acceptors (Lipinski definition) is 3. The lowest BCUT2D eigenvalue weighted by molar-refractivity contribution is -0.121. The van der Waals surface area contributed by atoms with E-state index in [2.05, 4.69) is 10.2 Å². The van der Waals surface area contributed by atoms with E-state index in [-0.39, 0.29) is 11.9 Å². The van der Waals surface area contributed by atoms with Gasteiger partial charge in [-0.2, -0.15) is 0 Å². The fraction of sp³-hybridized carbons (Fsp3) is 0.350. The molecule has 0 saturated heterocycles. The molecule has 0 aliphatic heterocycles. The largest absolute Gasteiger partial charge is 0.494 e. The van der Waals surface area contributed by atoms with Crippen LogP contribution in [0.3, 0.4) is 0 Å². The summed E-state index contributed by atoms with van der Waals surface area (Å²) in [5, 5.41) is 3.72. The fourth-order valence-corrected chi connectivity index (χ4v) is 2.65. The Labute approximate surface area is 154 Å². The third-order valence-electron chi connectivity index (χ3n) is 3.93. The Morgan fingerprint density at radius 3 is 2.44 bits per heavy atom. The predicted molar refractivity (Wildman–Crippen MR) is 102 cm³/mol. The Balaban J connectivity index is 1.72. The van der Waals surface area contributed by atoms with Crippen molar-refractivity contribution in [3.05, 3.63) is 65.2 Å².